The van der Waals surface area contributed by atoms with Crippen molar-refractivity contribution in [1.29, 1.82) is 0 Å². The van der Waals surface area contributed by atoms with E-state index in [1.807, 2.05) is 6.08 Å². The Bertz CT molecular complexity index is 923. The molecule has 20 heavy (non-hydrogen) atoms. The van der Waals surface area contributed by atoms with E-state index in [1.165, 1.54) is 28.8 Å². The summed E-state index contributed by atoms with van der Waals surface area (Å²) in [6.07, 6.45) is 8.19. The highest BCUT2D eigenvalue weighted by Crippen LogP contribution is 2.18. The van der Waals surface area contributed by atoms with Gasteiger partial charge in [-0.05, 0) is 58.5 Å². The monoisotopic (exact) mass is 268 g/mol. The molecular weight excluding hydrogens is 254 g/mol. The summed E-state index contributed by atoms with van der Waals surface area (Å²) in [5.74, 6) is -1.49. The van der Waals surface area contributed by atoms with E-state index in [4.69, 9.17) is 0 Å². The maximum Gasteiger partial charge on any atom is 0.166 e. The average molecular weight is 268 g/mol. The maximum atomic E-state index is 13.9. The molecule has 100 valence electrons. The molecule has 0 atom stereocenters. The van der Waals surface area contributed by atoms with Gasteiger partial charge in [0, 0.05) is 5.22 Å². The van der Waals surface area contributed by atoms with Gasteiger partial charge in [-0.15, -0.1) is 0 Å². The zero-order valence-corrected chi connectivity index (χ0v) is 11.0. The molecule has 0 heterocycles. The fourth-order valence-corrected chi connectivity index (χ4v) is 3.42. The van der Waals surface area contributed by atoms with Crippen molar-refractivity contribution < 1.29 is 8.78 Å². The molecule has 2 aliphatic rings. The molecule has 0 aromatic heterocycles. The van der Waals surface area contributed by atoms with Crippen molar-refractivity contribution >= 4 is 12.2 Å². The fourth-order valence-electron chi connectivity index (χ4n) is 3.42. The fraction of sp³-hybridized carbons (Fsp3) is 0.222. The van der Waals surface area contributed by atoms with Gasteiger partial charge in [0.2, 0.25) is 0 Å². The molecule has 0 amide bonds. The van der Waals surface area contributed by atoms with Crippen LogP contribution in [0.1, 0.15) is 24.0 Å². The van der Waals surface area contributed by atoms with E-state index in [1.54, 1.807) is 6.07 Å². The molecule has 0 radical (unpaired) electrons. The van der Waals surface area contributed by atoms with Crippen LogP contribution in [-0.4, -0.2) is 0 Å². The highest BCUT2D eigenvalue weighted by molar-refractivity contribution is 5.47. The van der Waals surface area contributed by atoms with Crippen molar-refractivity contribution in [3.63, 3.8) is 0 Å². The Hall–Kier alpha value is -1.96. The number of rotatable bonds is 0. The van der Waals surface area contributed by atoms with Crippen molar-refractivity contribution in [3.8, 4) is 0 Å². The molecule has 0 spiro atoms. The van der Waals surface area contributed by atoms with Crippen molar-refractivity contribution in [2.75, 3.05) is 0 Å². The molecule has 2 aromatic rings. The number of hydrogen-bond acceptors (Lipinski definition) is 0. The van der Waals surface area contributed by atoms with E-state index in [9.17, 15) is 8.78 Å². The Morgan fingerprint density at radius 1 is 0.850 bits per heavy atom. The number of halogens is 2. The van der Waals surface area contributed by atoms with Crippen LogP contribution in [0.25, 0.3) is 12.2 Å². The third-order valence-electron chi connectivity index (χ3n) is 4.40. The summed E-state index contributed by atoms with van der Waals surface area (Å²) >= 11 is 0. The minimum atomic E-state index is -0.769. The molecular formula is C18H14F2. The molecule has 2 aromatic carbocycles. The van der Waals surface area contributed by atoms with E-state index in [0.29, 0.717) is 11.6 Å². The van der Waals surface area contributed by atoms with Gasteiger partial charge in [-0.2, -0.15) is 0 Å². The van der Waals surface area contributed by atoms with Crippen molar-refractivity contribution in [2.24, 2.45) is 0 Å². The van der Waals surface area contributed by atoms with E-state index < -0.39 is 11.6 Å². The molecule has 0 unspecified atom stereocenters. The second-order valence-electron chi connectivity index (χ2n) is 5.49. The summed E-state index contributed by atoms with van der Waals surface area (Å²) in [6, 6.07) is 7.09. The molecule has 0 N–H and O–H groups in total. The second kappa shape index (κ2) is 4.27. The Labute approximate surface area is 115 Å². The lowest BCUT2D eigenvalue weighted by molar-refractivity contribution is 0.501. The summed E-state index contributed by atoms with van der Waals surface area (Å²) < 4.78 is 27.3. The Morgan fingerprint density at radius 2 is 1.70 bits per heavy atom. The molecule has 0 nitrogen and oxygen atoms in total. The molecule has 2 aliphatic carbocycles. The predicted molar refractivity (Wildman–Crippen MR) is 75.3 cm³/mol. The van der Waals surface area contributed by atoms with Gasteiger partial charge in [0.1, 0.15) is 0 Å². The third-order valence-corrected chi connectivity index (χ3v) is 4.40. The Morgan fingerprint density at radius 3 is 2.60 bits per heavy atom. The van der Waals surface area contributed by atoms with Gasteiger partial charge < -0.3 is 0 Å². The van der Waals surface area contributed by atoms with Gasteiger partial charge in [-0.3, -0.25) is 0 Å². The normalized spacial score (nSPS) is 15.5. The van der Waals surface area contributed by atoms with E-state index in [2.05, 4.69) is 18.2 Å². The Kier molecular flexibility index (Phi) is 2.53. The lowest BCUT2D eigenvalue weighted by Crippen LogP contribution is -2.21. The lowest BCUT2D eigenvalue weighted by Gasteiger charge is -2.16. The molecule has 0 fully saturated rings. The molecule has 0 bridgehead atoms. The lowest BCUT2D eigenvalue weighted by atomic mass is 9.89. The minimum absolute atomic E-state index is 0.414. The van der Waals surface area contributed by atoms with Crippen LogP contribution in [0.4, 0.5) is 8.78 Å². The average Bonchev–Trinajstić information content (AvgIpc) is 2.50. The van der Waals surface area contributed by atoms with Gasteiger partial charge in [0.05, 0.1) is 0 Å². The maximum absolute atomic E-state index is 13.9. The number of fused-ring (bicyclic) bond motifs is 4. The SMILES string of the molecule is Fc1ccc2c(c1F)=CCc1c3c(ccc1=2)=CCCC3. The van der Waals surface area contributed by atoms with Crippen molar-refractivity contribution in [3.05, 3.63) is 67.9 Å². The van der Waals surface area contributed by atoms with Crippen molar-refractivity contribution in [1.82, 2.24) is 0 Å². The van der Waals surface area contributed by atoms with E-state index in [0.717, 1.165) is 23.3 Å². The van der Waals surface area contributed by atoms with Crippen LogP contribution in [0.3, 0.4) is 0 Å². The van der Waals surface area contributed by atoms with Gasteiger partial charge in [-0.25, -0.2) is 8.78 Å². The molecule has 0 saturated heterocycles. The zero-order valence-electron chi connectivity index (χ0n) is 11.0. The third kappa shape index (κ3) is 1.57. The van der Waals surface area contributed by atoms with Gasteiger partial charge in [0.15, 0.2) is 11.6 Å². The zero-order chi connectivity index (χ0) is 13.7. The first-order valence-corrected chi connectivity index (χ1v) is 7.05. The highest BCUT2D eigenvalue weighted by Gasteiger charge is 2.13. The quantitative estimate of drug-likeness (QED) is 0.689. The summed E-state index contributed by atoms with van der Waals surface area (Å²) in [6.45, 7) is 0. The highest BCUT2D eigenvalue weighted by atomic mass is 19.2. The standard InChI is InChI=1S/C18H14F2/c19-17-10-9-15-14-6-5-11-3-1-2-4-12(11)13(14)7-8-16(15)18(17)20/h3,5-6,8-10H,1-2,4,7H2. The van der Waals surface area contributed by atoms with Crippen LogP contribution in [0, 0.1) is 22.1 Å². The largest absolute Gasteiger partial charge is 0.204 e. The van der Waals surface area contributed by atoms with Crippen LogP contribution in [-0.2, 0) is 12.8 Å². The minimum Gasteiger partial charge on any atom is -0.204 e. The van der Waals surface area contributed by atoms with E-state index in [-0.39, 0.29) is 0 Å². The van der Waals surface area contributed by atoms with Crippen LogP contribution in [0.2, 0.25) is 0 Å². The number of benzene rings is 2. The van der Waals surface area contributed by atoms with Crippen LogP contribution >= 0.6 is 0 Å². The van der Waals surface area contributed by atoms with Crippen LogP contribution in [0.5, 0.6) is 0 Å². The van der Waals surface area contributed by atoms with Gasteiger partial charge >= 0.3 is 0 Å². The van der Waals surface area contributed by atoms with E-state index >= 15 is 0 Å². The summed E-state index contributed by atoms with van der Waals surface area (Å²) in [5.41, 5.74) is 2.68. The topological polar surface area (TPSA) is 0 Å². The number of hydrogen-bond donors (Lipinski definition) is 0. The summed E-state index contributed by atoms with van der Waals surface area (Å²) in [7, 11) is 0. The predicted octanol–water partition coefficient (Wildman–Crippen LogP) is 2.71. The Balaban J connectivity index is 2.23. The van der Waals surface area contributed by atoms with Gasteiger partial charge in [-0.1, -0.05) is 30.4 Å². The first kappa shape index (κ1) is 11.8. The molecule has 2 heteroatoms. The first-order valence-electron chi connectivity index (χ1n) is 7.05. The molecule has 4 rings (SSSR count). The molecule has 0 saturated carbocycles. The van der Waals surface area contributed by atoms with Crippen molar-refractivity contribution in [2.45, 2.75) is 25.7 Å². The van der Waals surface area contributed by atoms with Gasteiger partial charge in [0.25, 0.3) is 0 Å². The first-order chi connectivity index (χ1) is 9.75. The second-order valence-corrected chi connectivity index (χ2v) is 5.49. The van der Waals surface area contributed by atoms with Crippen LogP contribution in [0.15, 0.2) is 24.3 Å². The smallest absolute Gasteiger partial charge is 0.166 e. The van der Waals surface area contributed by atoms with Crippen LogP contribution < -0.4 is 10.4 Å². The summed E-state index contributed by atoms with van der Waals surface area (Å²) in [5, 5.41) is 3.61. The summed E-state index contributed by atoms with van der Waals surface area (Å²) in [4.78, 5) is 0. The molecule has 0 aliphatic heterocycles.